The van der Waals surface area contributed by atoms with Crippen LogP contribution in [0.15, 0.2) is 22.7 Å². The molecule has 1 nitrogen and oxygen atoms in total. The lowest BCUT2D eigenvalue weighted by molar-refractivity contribution is 0.623. The summed E-state index contributed by atoms with van der Waals surface area (Å²) in [6.45, 7) is 1.82. The van der Waals surface area contributed by atoms with Crippen LogP contribution in [0.3, 0.4) is 0 Å². The van der Waals surface area contributed by atoms with Crippen molar-refractivity contribution in [3.8, 4) is 0 Å². The van der Waals surface area contributed by atoms with Crippen LogP contribution in [-0.2, 0) is 6.54 Å². The van der Waals surface area contributed by atoms with Gasteiger partial charge in [-0.05, 0) is 17.7 Å². The minimum absolute atomic E-state index is 0.195. The molecule has 1 aromatic rings. The van der Waals surface area contributed by atoms with Crippen LogP contribution in [0.4, 0.5) is 4.39 Å². The zero-order valence-corrected chi connectivity index (χ0v) is 12.6. The Labute approximate surface area is 118 Å². The number of thioether (sulfide) groups is 2. The van der Waals surface area contributed by atoms with Gasteiger partial charge in [-0.2, -0.15) is 23.5 Å². The number of halogens is 2. The van der Waals surface area contributed by atoms with Crippen LogP contribution in [0.1, 0.15) is 5.56 Å². The maximum absolute atomic E-state index is 12.9. The van der Waals surface area contributed by atoms with Crippen molar-refractivity contribution in [3.05, 3.63) is 34.1 Å². The van der Waals surface area contributed by atoms with Crippen molar-refractivity contribution in [2.45, 2.75) is 11.8 Å². The summed E-state index contributed by atoms with van der Waals surface area (Å²) in [5, 5.41) is 4.16. The largest absolute Gasteiger partial charge is 0.312 e. The van der Waals surface area contributed by atoms with Crippen molar-refractivity contribution < 1.29 is 4.39 Å². The zero-order valence-electron chi connectivity index (χ0n) is 9.42. The summed E-state index contributed by atoms with van der Waals surface area (Å²) in [7, 11) is 0. The van der Waals surface area contributed by atoms with E-state index in [2.05, 4.69) is 21.2 Å². The van der Waals surface area contributed by atoms with Gasteiger partial charge in [0.2, 0.25) is 0 Å². The van der Waals surface area contributed by atoms with Crippen LogP contribution in [0.2, 0.25) is 0 Å². The van der Waals surface area contributed by atoms with Gasteiger partial charge in [0.25, 0.3) is 0 Å². The molecule has 94 valence electrons. The smallest absolute Gasteiger partial charge is 0.124 e. The van der Waals surface area contributed by atoms with E-state index in [-0.39, 0.29) is 5.82 Å². The summed E-state index contributed by atoms with van der Waals surface area (Å²) >= 11 is 7.47. The molecule has 1 atom stereocenters. The van der Waals surface area contributed by atoms with Gasteiger partial charge in [-0.3, -0.25) is 0 Å². The predicted octanol–water partition coefficient (Wildman–Crippen LogP) is 3.53. The third kappa shape index (κ3) is 4.47. The van der Waals surface area contributed by atoms with Crippen molar-refractivity contribution in [2.24, 2.45) is 0 Å². The molecule has 0 bridgehead atoms. The molecule has 1 aromatic carbocycles. The fourth-order valence-electron chi connectivity index (χ4n) is 1.69. The molecule has 17 heavy (non-hydrogen) atoms. The Morgan fingerprint density at radius 1 is 1.41 bits per heavy atom. The summed E-state index contributed by atoms with van der Waals surface area (Å²) in [5.41, 5.74) is 1.11. The number of benzene rings is 1. The monoisotopic (exact) mass is 335 g/mol. The topological polar surface area (TPSA) is 12.0 Å². The molecule has 0 saturated carbocycles. The highest BCUT2D eigenvalue weighted by molar-refractivity contribution is 9.10. The molecule has 0 aromatic heterocycles. The van der Waals surface area contributed by atoms with Crippen LogP contribution in [0.25, 0.3) is 0 Å². The van der Waals surface area contributed by atoms with E-state index < -0.39 is 0 Å². The van der Waals surface area contributed by atoms with E-state index in [1.165, 1.54) is 29.4 Å². The molecule has 1 unspecified atom stereocenters. The van der Waals surface area contributed by atoms with Gasteiger partial charge >= 0.3 is 0 Å². The van der Waals surface area contributed by atoms with E-state index in [0.29, 0.717) is 5.25 Å². The Bertz CT molecular complexity index is 370. The standard InChI is InChI=1S/C12H15BrFNS2/c13-12-5-10(14)2-1-9(12)6-15-7-11-8-16-3-4-17-11/h1-2,5,11,15H,3-4,6-8H2. The summed E-state index contributed by atoms with van der Waals surface area (Å²) < 4.78 is 13.7. The molecule has 1 heterocycles. The Morgan fingerprint density at radius 3 is 3.00 bits per heavy atom. The molecule has 1 N–H and O–H groups in total. The quantitative estimate of drug-likeness (QED) is 0.903. The third-order valence-corrected chi connectivity index (χ3v) is 6.17. The maximum Gasteiger partial charge on any atom is 0.124 e. The predicted molar refractivity (Wildman–Crippen MR) is 79.4 cm³/mol. The van der Waals surface area contributed by atoms with Gasteiger partial charge in [0, 0.05) is 40.1 Å². The SMILES string of the molecule is Fc1ccc(CNCC2CSCCS2)c(Br)c1. The highest BCUT2D eigenvalue weighted by Crippen LogP contribution is 2.23. The molecule has 5 heteroatoms. The van der Waals surface area contributed by atoms with E-state index in [1.807, 2.05) is 29.6 Å². The fourth-order valence-corrected chi connectivity index (χ4v) is 4.82. The first-order valence-electron chi connectivity index (χ1n) is 5.59. The number of hydrogen-bond donors (Lipinski definition) is 1. The molecular formula is C12H15BrFNS2. The second-order valence-corrected chi connectivity index (χ2v) is 7.35. The summed E-state index contributed by atoms with van der Waals surface area (Å²) in [6.07, 6.45) is 0. The molecule has 0 amide bonds. The first kappa shape index (κ1) is 13.7. The lowest BCUT2D eigenvalue weighted by Gasteiger charge is -2.21. The summed E-state index contributed by atoms with van der Waals surface area (Å²) in [6, 6.07) is 4.85. The van der Waals surface area contributed by atoms with Crippen LogP contribution in [0, 0.1) is 5.82 Å². The van der Waals surface area contributed by atoms with Gasteiger partial charge < -0.3 is 5.32 Å². The summed E-state index contributed by atoms with van der Waals surface area (Å²) in [5.74, 6) is 3.59. The highest BCUT2D eigenvalue weighted by atomic mass is 79.9. The van der Waals surface area contributed by atoms with E-state index in [9.17, 15) is 4.39 Å². The Hall–Kier alpha value is 0.290. The Morgan fingerprint density at radius 2 is 2.29 bits per heavy atom. The molecular weight excluding hydrogens is 321 g/mol. The van der Waals surface area contributed by atoms with Gasteiger partial charge in [-0.15, -0.1) is 0 Å². The van der Waals surface area contributed by atoms with Gasteiger partial charge in [0.15, 0.2) is 0 Å². The van der Waals surface area contributed by atoms with Crippen LogP contribution in [0.5, 0.6) is 0 Å². The molecule has 0 aliphatic carbocycles. The minimum atomic E-state index is -0.195. The lowest BCUT2D eigenvalue weighted by atomic mass is 10.2. The molecule has 0 spiro atoms. The van der Waals surface area contributed by atoms with Gasteiger partial charge in [-0.1, -0.05) is 22.0 Å². The second-order valence-electron chi connectivity index (χ2n) is 3.93. The minimum Gasteiger partial charge on any atom is -0.312 e. The van der Waals surface area contributed by atoms with Crippen molar-refractivity contribution in [1.29, 1.82) is 0 Å². The molecule has 2 rings (SSSR count). The maximum atomic E-state index is 12.9. The van der Waals surface area contributed by atoms with Crippen LogP contribution >= 0.6 is 39.5 Å². The van der Waals surface area contributed by atoms with Crippen molar-refractivity contribution >= 4 is 39.5 Å². The van der Waals surface area contributed by atoms with Gasteiger partial charge in [0.1, 0.15) is 5.82 Å². The fraction of sp³-hybridized carbons (Fsp3) is 0.500. The van der Waals surface area contributed by atoms with E-state index in [4.69, 9.17) is 0 Å². The second kappa shape index (κ2) is 7.02. The average Bonchev–Trinajstić information content (AvgIpc) is 2.33. The van der Waals surface area contributed by atoms with Crippen molar-refractivity contribution in [2.75, 3.05) is 23.8 Å². The van der Waals surface area contributed by atoms with Crippen LogP contribution < -0.4 is 5.32 Å². The number of nitrogens with one attached hydrogen (secondary N) is 1. The first-order chi connectivity index (χ1) is 8.25. The summed E-state index contributed by atoms with van der Waals surface area (Å²) in [4.78, 5) is 0. The normalized spacial score (nSPS) is 20.5. The molecule has 1 aliphatic rings. The van der Waals surface area contributed by atoms with E-state index in [1.54, 1.807) is 0 Å². The zero-order chi connectivity index (χ0) is 12.1. The number of rotatable bonds is 4. The molecule has 1 saturated heterocycles. The number of hydrogen-bond acceptors (Lipinski definition) is 3. The van der Waals surface area contributed by atoms with E-state index in [0.717, 1.165) is 23.1 Å². The Balaban J connectivity index is 1.77. The van der Waals surface area contributed by atoms with E-state index >= 15 is 0 Å². The van der Waals surface area contributed by atoms with Gasteiger partial charge in [-0.25, -0.2) is 4.39 Å². The van der Waals surface area contributed by atoms with Gasteiger partial charge in [0.05, 0.1) is 0 Å². The molecule has 1 fully saturated rings. The first-order valence-corrected chi connectivity index (χ1v) is 8.59. The highest BCUT2D eigenvalue weighted by Gasteiger charge is 2.13. The van der Waals surface area contributed by atoms with Crippen LogP contribution in [-0.4, -0.2) is 29.1 Å². The molecule has 0 radical (unpaired) electrons. The average molecular weight is 336 g/mol. The Kier molecular flexibility index (Phi) is 5.66. The lowest BCUT2D eigenvalue weighted by Crippen LogP contribution is -2.28. The van der Waals surface area contributed by atoms with Crippen molar-refractivity contribution in [3.63, 3.8) is 0 Å². The molecule has 1 aliphatic heterocycles. The van der Waals surface area contributed by atoms with Crippen molar-refractivity contribution in [1.82, 2.24) is 5.32 Å². The third-order valence-electron chi connectivity index (χ3n) is 2.59.